The van der Waals surface area contributed by atoms with Crippen LogP contribution in [0.25, 0.3) is 10.8 Å². The van der Waals surface area contributed by atoms with Crippen molar-refractivity contribution in [3.63, 3.8) is 0 Å². The number of nitrogens with one attached hydrogen (secondary N) is 2. The maximum Gasteiger partial charge on any atom is 0.324 e. The average molecular weight is 384 g/mol. The van der Waals surface area contributed by atoms with Crippen LogP contribution in [0, 0.1) is 0 Å². The zero-order valence-electron chi connectivity index (χ0n) is 15.9. The molecule has 2 amide bonds. The summed E-state index contributed by atoms with van der Waals surface area (Å²) in [4.78, 5) is 23.5. The summed E-state index contributed by atoms with van der Waals surface area (Å²) in [6, 6.07) is 22.5. The molecule has 6 nitrogen and oxygen atoms in total. The highest BCUT2D eigenvalue weighted by atomic mass is 16.2. The van der Waals surface area contributed by atoms with E-state index in [1.807, 2.05) is 24.4 Å². The Kier molecular flexibility index (Phi) is 5.07. The van der Waals surface area contributed by atoms with Crippen LogP contribution >= 0.6 is 0 Å². The number of benzene rings is 3. The van der Waals surface area contributed by atoms with Gasteiger partial charge >= 0.3 is 6.03 Å². The molecule has 0 aliphatic heterocycles. The predicted octanol–water partition coefficient (Wildman–Crippen LogP) is 4.93. The molecule has 0 saturated carbocycles. The minimum atomic E-state index is -0.393. The minimum Gasteiger partial charge on any atom is -0.308 e. The van der Waals surface area contributed by atoms with Gasteiger partial charge in [-0.25, -0.2) is 4.79 Å². The fourth-order valence-electron chi connectivity index (χ4n) is 3.19. The molecule has 0 bridgehead atoms. The lowest BCUT2D eigenvalue weighted by molar-refractivity contribution is 0.101. The molecule has 1 aromatic heterocycles. The van der Waals surface area contributed by atoms with Crippen LogP contribution in [0.1, 0.15) is 22.8 Å². The molecule has 0 aliphatic carbocycles. The van der Waals surface area contributed by atoms with E-state index >= 15 is 0 Å². The summed E-state index contributed by atoms with van der Waals surface area (Å²) < 4.78 is 1.79. The molecule has 0 fully saturated rings. The van der Waals surface area contributed by atoms with Gasteiger partial charge in [0, 0.05) is 23.5 Å². The fraction of sp³-hybridized carbons (Fsp3) is 0.0870. The number of aromatic nitrogens is 2. The second-order valence-corrected chi connectivity index (χ2v) is 6.75. The molecule has 29 heavy (non-hydrogen) atoms. The van der Waals surface area contributed by atoms with Gasteiger partial charge in [-0.2, -0.15) is 5.10 Å². The Morgan fingerprint density at radius 3 is 2.45 bits per heavy atom. The van der Waals surface area contributed by atoms with Crippen molar-refractivity contribution in [1.82, 2.24) is 9.78 Å². The Morgan fingerprint density at radius 2 is 1.66 bits per heavy atom. The molecule has 2 N–H and O–H groups in total. The van der Waals surface area contributed by atoms with Gasteiger partial charge in [0.05, 0.1) is 6.54 Å². The van der Waals surface area contributed by atoms with Crippen LogP contribution in [0.5, 0.6) is 0 Å². The van der Waals surface area contributed by atoms with E-state index in [-0.39, 0.29) is 5.78 Å². The quantitative estimate of drug-likeness (QED) is 0.479. The lowest BCUT2D eigenvalue weighted by Crippen LogP contribution is -2.20. The van der Waals surface area contributed by atoms with E-state index in [4.69, 9.17) is 0 Å². The van der Waals surface area contributed by atoms with Crippen molar-refractivity contribution in [1.29, 1.82) is 0 Å². The molecule has 6 heteroatoms. The summed E-state index contributed by atoms with van der Waals surface area (Å²) in [6.07, 6.45) is 1.83. The number of fused-ring (bicyclic) bond motifs is 1. The molecule has 0 radical (unpaired) electrons. The molecule has 3 aromatic carbocycles. The number of Topliss-reactive ketones (excluding diaryl/α,β-unsaturated/α-hetero) is 1. The molecule has 0 spiro atoms. The van der Waals surface area contributed by atoms with Crippen molar-refractivity contribution in [3.05, 3.63) is 90.1 Å². The molecule has 1 heterocycles. The zero-order valence-corrected chi connectivity index (χ0v) is 15.9. The number of amides is 2. The number of urea groups is 1. The van der Waals surface area contributed by atoms with Crippen LogP contribution in [0.3, 0.4) is 0 Å². The topological polar surface area (TPSA) is 76.0 Å². The van der Waals surface area contributed by atoms with Gasteiger partial charge in [0.2, 0.25) is 0 Å². The average Bonchev–Trinajstić information content (AvgIpc) is 3.15. The summed E-state index contributed by atoms with van der Waals surface area (Å²) in [7, 11) is 0. The van der Waals surface area contributed by atoms with Crippen LogP contribution in [-0.4, -0.2) is 21.6 Å². The standard InChI is InChI=1S/C23H20N4O2/c1-16(28)17-9-11-20(12-10-17)24-23(29)25-22-13-14-27(26-22)15-19-7-4-6-18-5-2-3-8-21(18)19/h2-14H,15H2,1H3,(H2,24,25,26,29). The van der Waals surface area contributed by atoms with Crippen molar-refractivity contribution in [2.45, 2.75) is 13.5 Å². The normalized spacial score (nSPS) is 10.7. The van der Waals surface area contributed by atoms with Gasteiger partial charge in [0.1, 0.15) is 0 Å². The van der Waals surface area contributed by atoms with E-state index in [0.717, 1.165) is 5.56 Å². The first-order chi connectivity index (χ1) is 14.1. The van der Waals surface area contributed by atoms with Crippen LogP contribution in [0.2, 0.25) is 0 Å². The van der Waals surface area contributed by atoms with E-state index < -0.39 is 6.03 Å². The molecule has 0 aliphatic rings. The van der Waals surface area contributed by atoms with Crippen molar-refractivity contribution in [2.24, 2.45) is 0 Å². The first-order valence-corrected chi connectivity index (χ1v) is 9.27. The van der Waals surface area contributed by atoms with Crippen molar-refractivity contribution in [2.75, 3.05) is 10.6 Å². The highest BCUT2D eigenvalue weighted by Gasteiger charge is 2.07. The maximum absolute atomic E-state index is 12.2. The monoisotopic (exact) mass is 384 g/mol. The number of carbonyl (C=O) groups is 2. The van der Waals surface area contributed by atoms with Crippen LogP contribution < -0.4 is 10.6 Å². The maximum atomic E-state index is 12.2. The number of carbonyl (C=O) groups excluding carboxylic acids is 2. The SMILES string of the molecule is CC(=O)c1ccc(NC(=O)Nc2ccn(Cc3cccc4ccccc34)n2)cc1. The highest BCUT2D eigenvalue weighted by molar-refractivity contribution is 6.00. The van der Waals surface area contributed by atoms with Gasteiger partial charge in [0.25, 0.3) is 0 Å². The number of hydrogen-bond acceptors (Lipinski definition) is 3. The summed E-state index contributed by atoms with van der Waals surface area (Å²) >= 11 is 0. The van der Waals surface area contributed by atoms with Crippen molar-refractivity contribution < 1.29 is 9.59 Å². The number of nitrogens with zero attached hydrogens (tertiary/aromatic N) is 2. The highest BCUT2D eigenvalue weighted by Crippen LogP contribution is 2.19. The molecule has 144 valence electrons. The molecule has 4 rings (SSSR count). The Bertz CT molecular complexity index is 1170. The predicted molar refractivity (Wildman–Crippen MR) is 114 cm³/mol. The van der Waals surface area contributed by atoms with Gasteiger partial charge in [-0.3, -0.25) is 14.8 Å². The van der Waals surface area contributed by atoms with Gasteiger partial charge in [-0.15, -0.1) is 0 Å². The third-order valence-corrected chi connectivity index (χ3v) is 4.64. The van der Waals surface area contributed by atoms with Gasteiger partial charge in [-0.05, 0) is 47.5 Å². The van der Waals surface area contributed by atoms with Crippen LogP contribution in [-0.2, 0) is 6.54 Å². The summed E-state index contributed by atoms with van der Waals surface area (Å²) in [5.41, 5.74) is 2.36. The lowest BCUT2D eigenvalue weighted by Gasteiger charge is -2.07. The Balaban J connectivity index is 1.41. The van der Waals surface area contributed by atoms with Gasteiger partial charge in [-0.1, -0.05) is 42.5 Å². The molecular weight excluding hydrogens is 364 g/mol. The smallest absolute Gasteiger partial charge is 0.308 e. The lowest BCUT2D eigenvalue weighted by atomic mass is 10.0. The third-order valence-electron chi connectivity index (χ3n) is 4.64. The second-order valence-electron chi connectivity index (χ2n) is 6.75. The first-order valence-electron chi connectivity index (χ1n) is 9.27. The Hall–Kier alpha value is -3.93. The van der Waals surface area contributed by atoms with Gasteiger partial charge in [0.15, 0.2) is 11.6 Å². The largest absolute Gasteiger partial charge is 0.324 e. The van der Waals surface area contributed by atoms with Crippen molar-refractivity contribution in [3.8, 4) is 0 Å². The summed E-state index contributed by atoms with van der Waals surface area (Å²) in [5.74, 6) is 0.445. The third kappa shape index (κ3) is 4.32. The summed E-state index contributed by atoms with van der Waals surface area (Å²) in [5, 5.41) is 12.3. The van der Waals surface area contributed by atoms with Crippen molar-refractivity contribution >= 4 is 34.1 Å². The number of anilines is 2. The Morgan fingerprint density at radius 1 is 0.897 bits per heavy atom. The van der Waals surface area contributed by atoms with E-state index in [2.05, 4.69) is 40.0 Å². The minimum absolute atomic E-state index is 0.0160. The van der Waals surface area contributed by atoms with E-state index in [1.165, 1.54) is 17.7 Å². The zero-order chi connectivity index (χ0) is 20.2. The molecule has 4 aromatic rings. The summed E-state index contributed by atoms with van der Waals surface area (Å²) in [6.45, 7) is 2.11. The molecule has 0 saturated heterocycles. The first kappa shape index (κ1) is 18.4. The Labute approximate surface area is 168 Å². The van der Waals surface area contributed by atoms with Gasteiger partial charge < -0.3 is 5.32 Å². The van der Waals surface area contributed by atoms with E-state index in [9.17, 15) is 9.59 Å². The second kappa shape index (κ2) is 7.98. The molecular formula is C23H20N4O2. The van der Waals surface area contributed by atoms with Crippen LogP contribution in [0.4, 0.5) is 16.3 Å². The molecule has 0 unspecified atom stereocenters. The number of ketones is 1. The van der Waals surface area contributed by atoms with Crippen LogP contribution in [0.15, 0.2) is 79.0 Å². The van der Waals surface area contributed by atoms with E-state index in [1.54, 1.807) is 35.0 Å². The van der Waals surface area contributed by atoms with E-state index in [0.29, 0.717) is 23.6 Å². The fourth-order valence-corrected chi connectivity index (χ4v) is 3.19. The number of hydrogen-bond donors (Lipinski definition) is 2. The number of rotatable bonds is 5. The molecule has 0 atom stereocenters.